The Bertz CT molecular complexity index is 73.7. The van der Waals surface area contributed by atoms with Crippen LogP contribution in [-0.4, -0.2) is 17.3 Å². The van der Waals surface area contributed by atoms with Gasteiger partial charge in [0.05, 0.1) is 6.10 Å². The molecule has 0 bridgehead atoms. The van der Waals surface area contributed by atoms with Crippen molar-refractivity contribution < 1.29 is 5.11 Å². The van der Waals surface area contributed by atoms with E-state index in [0.717, 1.165) is 12.8 Å². The van der Waals surface area contributed by atoms with Gasteiger partial charge >= 0.3 is 0 Å². The summed E-state index contributed by atoms with van der Waals surface area (Å²) in [6, 6.07) is -0.0217. The minimum atomic E-state index is -0.350. The molecule has 0 saturated heterocycles. The zero-order valence-electron chi connectivity index (χ0n) is 7.01. The van der Waals surface area contributed by atoms with Gasteiger partial charge in [0.25, 0.3) is 0 Å². The Morgan fingerprint density at radius 1 is 1.40 bits per heavy atom. The summed E-state index contributed by atoms with van der Waals surface area (Å²) in [6.45, 7) is 3.91. The Morgan fingerprint density at radius 3 is 2.40 bits per heavy atom. The fraction of sp³-hybridized carbons (Fsp3) is 1.00. The van der Waals surface area contributed by atoms with Gasteiger partial charge in [-0.05, 0) is 13.3 Å². The van der Waals surface area contributed by atoms with Crippen molar-refractivity contribution in [2.45, 2.75) is 51.7 Å². The highest BCUT2D eigenvalue weighted by molar-refractivity contribution is 4.66. The van der Waals surface area contributed by atoms with Crippen LogP contribution in [0.4, 0.5) is 0 Å². The van der Waals surface area contributed by atoms with E-state index in [1.807, 2.05) is 0 Å². The number of aliphatic hydroxyl groups excluding tert-OH is 1. The summed E-state index contributed by atoms with van der Waals surface area (Å²) in [4.78, 5) is 0. The number of hydrogen-bond acceptors (Lipinski definition) is 2. The average Bonchev–Trinajstić information content (AvgIpc) is 1.88. The van der Waals surface area contributed by atoms with Gasteiger partial charge < -0.3 is 10.8 Å². The van der Waals surface area contributed by atoms with Gasteiger partial charge in [0.2, 0.25) is 0 Å². The Morgan fingerprint density at radius 2 is 2.00 bits per heavy atom. The number of hydrogen-bond donors (Lipinski definition) is 2. The second-order valence-electron chi connectivity index (χ2n) is 2.90. The van der Waals surface area contributed by atoms with Crippen molar-refractivity contribution in [1.82, 2.24) is 0 Å². The summed E-state index contributed by atoms with van der Waals surface area (Å²) in [5.74, 6) is 0. The largest absolute Gasteiger partial charge is 0.392 e. The summed E-state index contributed by atoms with van der Waals surface area (Å²) >= 11 is 0. The van der Waals surface area contributed by atoms with Gasteiger partial charge in [0, 0.05) is 6.04 Å². The van der Waals surface area contributed by atoms with E-state index in [2.05, 4.69) is 6.92 Å². The Hall–Kier alpha value is -0.0800. The van der Waals surface area contributed by atoms with E-state index in [-0.39, 0.29) is 12.1 Å². The monoisotopic (exact) mass is 145 g/mol. The second kappa shape index (κ2) is 5.69. The minimum absolute atomic E-state index is 0.0217. The molecule has 0 spiro atoms. The van der Waals surface area contributed by atoms with Crippen LogP contribution in [0.2, 0.25) is 0 Å². The van der Waals surface area contributed by atoms with Crippen LogP contribution in [0.25, 0.3) is 0 Å². The van der Waals surface area contributed by atoms with Gasteiger partial charge in [-0.2, -0.15) is 0 Å². The molecule has 2 nitrogen and oxygen atoms in total. The van der Waals surface area contributed by atoms with E-state index in [4.69, 9.17) is 10.8 Å². The minimum Gasteiger partial charge on any atom is -0.392 e. The molecule has 1 unspecified atom stereocenters. The predicted molar refractivity (Wildman–Crippen MR) is 43.8 cm³/mol. The third-order valence-electron chi connectivity index (χ3n) is 1.76. The number of nitrogens with two attached hydrogens (primary N) is 1. The third-order valence-corrected chi connectivity index (χ3v) is 1.76. The van der Waals surface area contributed by atoms with Gasteiger partial charge in [-0.15, -0.1) is 0 Å². The molecule has 0 aliphatic heterocycles. The normalized spacial score (nSPS) is 16.8. The van der Waals surface area contributed by atoms with Gasteiger partial charge in [0.15, 0.2) is 0 Å². The molecule has 0 amide bonds. The standard InChI is InChI=1S/C8H19NO/c1-3-4-5-6-8(9)7(2)10/h7-8,10H,3-6,9H2,1-2H3/t7?,8-/m0/s1. The molecule has 10 heavy (non-hydrogen) atoms. The van der Waals surface area contributed by atoms with Crippen molar-refractivity contribution in [3.05, 3.63) is 0 Å². The van der Waals surface area contributed by atoms with Gasteiger partial charge in [-0.1, -0.05) is 26.2 Å². The van der Waals surface area contributed by atoms with Crippen LogP contribution in [0.1, 0.15) is 39.5 Å². The lowest BCUT2D eigenvalue weighted by Crippen LogP contribution is -2.31. The summed E-state index contributed by atoms with van der Waals surface area (Å²) < 4.78 is 0. The van der Waals surface area contributed by atoms with Gasteiger partial charge in [-0.3, -0.25) is 0 Å². The van der Waals surface area contributed by atoms with Crippen LogP contribution in [0, 0.1) is 0 Å². The van der Waals surface area contributed by atoms with E-state index in [1.165, 1.54) is 12.8 Å². The molecule has 0 aromatic carbocycles. The predicted octanol–water partition coefficient (Wildman–Crippen LogP) is 1.27. The summed E-state index contributed by atoms with van der Waals surface area (Å²) in [6.07, 6.45) is 4.18. The molecule has 0 saturated carbocycles. The molecule has 0 aliphatic rings. The van der Waals surface area contributed by atoms with E-state index < -0.39 is 0 Å². The topological polar surface area (TPSA) is 46.2 Å². The van der Waals surface area contributed by atoms with Crippen LogP contribution in [-0.2, 0) is 0 Å². The van der Waals surface area contributed by atoms with Crippen molar-refractivity contribution in [2.24, 2.45) is 5.73 Å². The maximum absolute atomic E-state index is 9.00. The molecule has 3 N–H and O–H groups in total. The molecule has 2 heteroatoms. The number of rotatable bonds is 5. The fourth-order valence-electron chi connectivity index (χ4n) is 0.871. The molecule has 0 radical (unpaired) electrons. The molecule has 62 valence electrons. The SMILES string of the molecule is CCCCC[C@H](N)C(C)O. The fourth-order valence-corrected chi connectivity index (χ4v) is 0.871. The van der Waals surface area contributed by atoms with Crippen molar-refractivity contribution in [1.29, 1.82) is 0 Å². The van der Waals surface area contributed by atoms with Crippen LogP contribution >= 0.6 is 0 Å². The van der Waals surface area contributed by atoms with Crippen molar-refractivity contribution in [3.8, 4) is 0 Å². The Labute approximate surface area is 63.4 Å². The first kappa shape index (κ1) is 9.92. The number of unbranched alkanes of at least 4 members (excludes halogenated alkanes) is 2. The van der Waals surface area contributed by atoms with Crippen LogP contribution in [0.3, 0.4) is 0 Å². The second-order valence-corrected chi connectivity index (χ2v) is 2.90. The lowest BCUT2D eigenvalue weighted by atomic mass is 10.1. The Kier molecular flexibility index (Phi) is 5.64. The van der Waals surface area contributed by atoms with Crippen molar-refractivity contribution >= 4 is 0 Å². The molecule has 0 heterocycles. The zero-order chi connectivity index (χ0) is 7.98. The summed E-state index contributed by atoms with van der Waals surface area (Å²) in [7, 11) is 0. The summed E-state index contributed by atoms with van der Waals surface area (Å²) in [5, 5.41) is 9.00. The lowest BCUT2D eigenvalue weighted by molar-refractivity contribution is 0.157. The molecule has 0 aliphatic carbocycles. The highest BCUT2D eigenvalue weighted by Gasteiger charge is 2.07. The maximum Gasteiger partial charge on any atom is 0.0662 e. The quantitative estimate of drug-likeness (QED) is 0.572. The first-order chi connectivity index (χ1) is 4.68. The first-order valence-corrected chi connectivity index (χ1v) is 4.12. The number of aliphatic hydroxyl groups is 1. The van der Waals surface area contributed by atoms with Gasteiger partial charge in [0.1, 0.15) is 0 Å². The van der Waals surface area contributed by atoms with Crippen LogP contribution in [0.15, 0.2) is 0 Å². The molecule has 0 aromatic rings. The van der Waals surface area contributed by atoms with Crippen molar-refractivity contribution in [2.75, 3.05) is 0 Å². The van der Waals surface area contributed by atoms with E-state index in [0.29, 0.717) is 0 Å². The smallest absolute Gasteiger partial charge is 0.0662 e. The van der Waals surface area contributed by atoms with E-state index in [9.17, 15) is 0 Å². The first-order valence-electron chi connectivity index (χ1n) is 4.12. The van der Waals surface area contributed by atoms with E-state index in [1.54, 1.807) is 6.92 Å². The molecule has 0 rings (SSSR count). The maximum atomic E-state index is 9.00. The average molecular weight is 145 g/mol. The highest BCUT2D eigenvalue weighted by atomic mass is 16.3. The van der Waals surface area contributed by atoms with E-state index >= 15 is 0 Å². The van der Waals surface area contributed by atoms with Crippen LogP contribution in [0.5, 0.6) is 0 Å². The van der Waals surface area contributed by atoms with Crippen molar-refractivity contribution in [3.63, 3.8) is 0 Å². The van der Waals surface area contributed by atoms with Gasteiger partial charge in [-0.25, -0.2) is 0 Å². The highest BCUT2D eigenvalue weighted by Crippen LogP contribution is 2.03. The van der Waals surface area contributed by atoms with Crippen LogP contribution < -0.4 is 5.73 Å². The third kappa shape index (κ3) is 4.77. The molecular weight excluding hydrogens is 126 g/mol. The molecular formula is C8H19NO. The molecule has 2 atom stereocenters. The Balaban J connectivity index is 3.13. The summed E-state index contributed by atoms with van der Waals surface area (Å²) in [5.41, 5.74) is 5.61. The lowest BCUT2D eigenvalue weighted by Gasteiger charge is -2.13. The molecule has 0 aromatic heterocycles. The molecule has 0 fully saturated rings. The zero-order valence-corrected chi connectivity index (χ0v) is 7.01.